The van der Waals surface area contributed by atoms with Gasteiger partial charge >= 0.3 is 0 Å². The van der Waals surface area contributed by atoms with E-state index in [-0.39, 0.29) is 5.91 Å². The van der Waals surface area contributed by atoms with Gasteiger partial charge < -0.3 is 4.90 Å². The van der Waals surface area contributed by atoms with Crippen LogP contribution in [0.3, 0.4) is 0 Å². The number of likely N-dealkylation sites (tertiary alicyclic amines) is 1. The van der Waals surface area contributed by atoms with E-state index in [0.29, 0.717) is 0 Å². The Morgan fingerprint density at radius 2 is 1.80 bits per heavy atom. The fraction of sp³-hybridized carbons (Fsp3) is 0.308. The molecule has 1 aromatic carbocycles. The molecule has 0 saturated carbocycles. The summed E-state index contributed by atoms with van der Waals surface area (Å²) in [5.74, 6) is 0.136. The summed E-state index contributed by atoms with van der Waals surface area (Å²) in [5, 5.41) is 0. The van der Waals surface area contributed by atoms with Crippen LogP contribution in [-0.4, -0.2) is 23.9 Å². The van der Waals surface area contributed by atoms with Crippen molar-refractivity contribution in [2.45, 2.75) is 12.8 Å². The molecular weight excluding hydrogens is 186 g/mol. The van der Waals surface area contributed by atoms with Gasteiger partial charge in [-0.05, 0) is 24.5 Å². The minimum absolute atomic E-state index is 0.136. The van der Waals surface area contributed by atoms with E-state index in [9.17, 15) is 4.79 Å². The highest BCUT2D eigenvalue weighted by Crippen LogP contribution is 2.09. The Kier molecular flexibility index (Phi) is 3.18. The van der Waals surface area contributed by atoms with E-state index in [1.807, 2.05) is 41.3 Å². The van der Waals surface area contributed by atoms with E-state index in [1.54, 1.807) is 6.08 Å². The van der Waals surface area contributed by atoms with E-state index < -0.39 is 0 Å². The molecule has 0 N–H and O–H groups in total. The molecule has 2 rings (SSSR count). The number of hydrogen-bond donors (Lipinski definition) is 0. The minimum atomic E-state index is 0.136. The molecule has 2 heteroatoms. The van der Waals surface area contributed by atoms with Gasteiger partial charge in [0.1, 0.15) is 0 Å². The lowest BCUT2D eigenvalue weighted by Crippen LogP contribution is -2.25. The summed E-state index contributed by atoms with van der Waals surface area (Å²) in [4.78, 5) is 13.6. The molecule has 0 aromatic heterocycles. The van der Waals surface area contributed by atoms with Gasteiger partial charge in [0.15, 0.2) is 0 Å². The van der Waals surface area contributed by atoms with Crippen LogP contribution in [-0.2, 0) is 4.79 Å². The molecule has 1 aromatic rings. The number of hydrogen-bond acceptors (Lipinski definition) is 1. The summed E-state index contributed by atoms with van der Waals surface area (Å²) in [6.45, 7) is 1.83. The first-order valence-electron chi connectivity index (χ1n) is 5.38. The third-order valence-electron chi connectivity index (χ3n) is 2.64. The molecule has 1 saturated heterocycles. The Balaban J connectivity index is 1.96. The predicted octanol–water partition coefficient (Wildman–Crippen LogP) is 2.32. The second-order valence-corrected chi connectivity index (χ2v) is 3.78. The molecule has 1 aliphatic heterocycles. The number of carbonyl (C=O) groups is 1. The normalized spacial score (nSPS) is 16.1. The van der Waals surface area contributed by atoms with Gasteiger partial charge in [0, 0.05) is 19.2 Å². The molecular formula is C13H15NO. The quantitative estimate of drug-likeness (QED) is 0.672. The van der Waals surface area contributed by atoms with E-state index in [0.717, 1.165) is 31.5 Å². The Bertz CT molecular complexity index is 350. The van der Waals surface area contributed by atoms with Crippen molar-refractivity contribution in [2.75, 3.05) is 13.1 Å². The number of benzene rings is 1. The molecule has 15 heavy (non-hydrogen) atoms. The lowest BCUT2D eigenvalue weighted by atomic mass is 10.2. The molecule has 0 bridgehead atoms. The monoisotopic (exact) mass is 201 g/mol. The standard InChI is InChI=1S/C13H15NO/c15-13(14-10-4-5-11-14)9-8-12-6-2-1-3-7-12/h1-3,6-9H,4-5,10-11H2/b9-8+. The summed E-state index contributed by atoms with van der Waals surface area (Å²) >= 11 is 0. The molecule has 0 unspecified atom stereocenters. The zero-order chi connectivity index (χ0) is 10.5. The molecule has 1 aliphatic rings. The van der Waals surface area contributed by atoms with Crippen LogP contribution in [0.1, 0.15) is 18.4 Å². The second kappa shape index (κ2) is 4.78. The maximum absolute atomic E-state index is 11.7. The van der Waals surface area contributed by atoms with Crippen molar-refractivity contribution >= 4 is 12.0 Å². The first kappa shape index (κ1) is 9.97. The number of carbonyl (C=O) groups excluding carboxylic acids is 1. The summed E-state index contributed by atoms with van der Waals surface area (Å²) in [6.07, 6.45) is 5.83. The van der Waals surface area contributed by atoms with Crippen molar-refractivity contribution in [1.82, 2.24) is 4.90 Å². The highest BCUT2D eigenvalue weighted by atomic mass is 16.2. The lowest BCUT2D eigenvalue weighted by molar-refractivity contribution is -0.124. The number of rotatable bonds is 2. The van der Waals surface area contributed by atoms with Crippen molar-refractivity contribution < 1.29 is 4.79 Å². The van der Waals surface area contributed by atoms with Crippen LogP contribution in [0.4, 0.5) is 0 Å². The van der Waals surface area contributed by atoms with Gasteiger partial charge in [0.05, 0.1) is 0 Å². The molecule has 1 heterocycles. The number of amides is 1. The smallest absolute Gasteiger partial charge is 0.246 e. The van der Waals surface area contributed by atoms with Crippen molar-refractivity contribution in [3.05, 3.63) is 42.0 Å². The second-order valence-electron chi connectivity index (χ2n) is 3.78. The molecule has 1 amide bonds. The molecule has 0 spiro atoms. The molecule has 0 atom stereocenters. The van der Waals surface area contributed by atoms with Gasteiger partial charge in [0.25, 0.3) is 0 Å². The van der Waals surface area contributed by atoms with Crippen molar-refractivity contribution in [3.63, 3.8) is 0 Å². The third kappa shape index (κ3) is 2.69. The van der Waals surface area contributed by atoms with Crippen molar-refractivity contribution in [2.24, 2.45) is 0 Å². The highest BCUT2D eigenvalue weighted by Gasteiger charge is 2.14. The predicted molar refractivity (Wildman–Crippen MR) is 61.3 cm³/mol. The van der Waals surface area contributed by atoms with Crippen LogP contribution in [0.15, 0.2) is 36.4 Å². The molecule has 78 valence electrons. The first-order chi connectivity index (χ1) is 7.36. The minimum Gasteiger partial charge on any atom is -0.339 e. The summed E-state index contributed by atoms with van der Waals surface area (Å²) in [5.41, 5.74) is 1.07. The van der Waals surface area contributed by atoms with Gasteiger partial charge in [-0.1, -0.05) is 30.3 Å². The summed E-state index contributed by atoms with van der Waals surface area (Å²) in [7, 11) is 0. The SMILES string of the molecule is O=C(/C=C/c1ccccc1)N1CCCC1. The zero-order valence-corrected chi connectivity index (χ0v) is 8.73. The van der Waals surface area contributed by atoms with Crippen LogP contribution in [0.5, 0.6) is 0 Å². The maximum Gasteiger partial charge on any atom is 0.246 e. The fourth-order valence-electron chi connectivity index (χ4n) is 1.77. The molecule has 1 fully saturated rings. The van der Waals surface area contributed by atoms with Gasteiger partial charge in [-0.15, -0.1) is 0 Å². The van der Waals surface area contributed by atoms with Crippen LogP contribution in [0.2, 0.25) is 0 Å². The third-order valence-corrected chi connectivity index (χ3v) is 2.64. The van der Waals surface area contributed by atoms with Crippen LogP contribution < -0.4 is 0 Å². The fourth-order valence-corrected chi connectivity index (χ4v) is 1.77. The summed E-state index contributed by atoms with van der Waals surface area (Å²) in [6, 6.07) is 9.90. The maximum atomic E-state index is 11.7. The van der Waals surface area contributed by atoms with Crippen molar-refractivity contribution in [1.29, 1.82) is 0 Å². The Morgan fingerprint density at radius 3 is 2.47 bits per heavy atom. The Labute approximate surface area is 90.2 Å². The van der Waals surface area contributed by atoms with Crippen LogP contribution in [0, 0.1) is 0 Å². The average Bonchev–Trinajstić information content (AvgIpc) is 2.81. The lowest BCUT2D eigenvalue weighted by Gasteiger charge is -2.11. The van der Waals surface area contributed by atoms with Crippen LogP contribution >= 0.6 is 0 Å². The van der Waals surface area contributed by atoms with Crippen molar-refractivity contribution in [3.8, 4) is 0 Å². The topological polar surface area (TPSA) is 20.3 Å². The average molecular weight is 201 g/mol. The Hall–Kier alpha value is -1.57. The van der Waals surface area contributed by atoms with Gasteiger partial charge in [-0.2, -0.15) is 0 Å². The highest BCUT2D eigenvalue weighted by molar-refractivity contribution is 5.91. The van der Waals surface area contributed by atoms with E-state index in [4.69, 9.17) is 0 Å². The summed E-state index contributed by atoms with van der Waals surface area (Å²) < 4.78 is 0. The molecule has 2 nitrogen and oxygen atoms in total. The van der Waals surface area contributed by atoms with Gasteiger partial charge in [-0.3, -0.25) is 4.79 Å². The first-order valence-corrected chi connectivity index (χ1v) is 5.38. The van der Waals surface area contributed by atoms with Gasteiger partial charge in [0.2, 0.25) is 5.91 Å². The van der Waals surface area contributed by atoms with E-state index in [1.165, 1.54) is 0 Å². The van der Waals surface area contributed by atoms with Crippen LogP contribution in [0.25, 0.3) is 6.08 Å². The van der Waals surface area contributed by atoms with E-state index >= 15 is 0 Å². The number of nitrogens with zero attached hydrogens (tertiary/aromatic N) is 1. The molecule has 0 aliphatic carbocycles. The zero-order valence-electron chi connectivity index (χ0n) is 8.73. The molecule has 0 radical (unpaired) electrons. The Morgan fingerprint density at radius 1 is 1.13 bits per heavy atom. The van der Waals surface area contributed by atoms with E-state index in [2.05, 4.69) is 0 Å². The largest absolute Gasteiger partial charge is 0.339 e. The van der Waals surface area contributed by atoms with Gasteiger partial charge in [-0.25, -0.2) is 0 Å².